The largest absolute Gasteiger partial charge is 0.381 e. The highest BCUT2D eigenvalue weighted by Crippen LogP contribution is 2.17. The molecular weight excluding hydrogens is 200 g/mol. The molecule has 0 saturated carbocycles. The first-order valence-electron chi connectivity index (χ1n) is 6.29. The number of hydrogen-bond donors (Lipinski definition) is 0. The molecule has 0 amide bonds. The Balaban J connectivity index is 2.28. The molecule has 0 aliphatic carbocycles. The number of ether oxygens (including phenoxy) is 1. The summed E-state index contributed by atoms with van der Waals surface area (Å²) in [6.45, 7) is 8.06. The third-order valence-corrected chi connectivity index (χ3v) is 3.39. The zero-order valence-electron chi connectivity index (χ0n) is 10.8. The van der Waals surface area contributed by atoms with E-state index in [4.69, 9.17) is 10.00 Å². The summed E-state index contributed by atoms with van der Waals surface area (Å²) >= 11 is 0. The summed E-state index contributed by atoms with van der Waals surface area (Å²) in [5.74, 6) is 1.36. The molecule has 0 aromatic heterocycles. The molecule has 1 unspecified atom stereocenters. The average Bonchev–Trinajstić information content (AvgIpc) is 2.27. The lowest BCUT2D eigenvalue weighted by atomic mass is 9.95. The van der Waals surface area contributed by atoms with Gasteiger partial charge in [0.25, 0.3) is 0 Å². The molecule has 0 aromatic rings. The van der Waals surface area contributed by atoms with E-state index < -0.39 is 0 Å². The van der Waals surface area contributed by atoms with Gasteiger partial charge in [-0.05, 0) is 31.7 Å². The zero-order chi connectivity index (χ0) is 12.0. The fourth-order valence-corrected chi connectivity index (χ4v) is 2.18. The highest BCUT2D eigenvalue weighted by molar-refractivity contribution is 4.87. The van der Waals surface area contributed by atoms with Crippen LogP contribution in [-0.2, 0) is 4.74 Å². The molecule has 1 fully saturated rings. The number of nitrogens with zero attached hydrogens (tertiary/aromatic N) is 2. The minimum absolute atomic E-state index is 0.157. The summed E-state index contributed by atoms with van der Waals surface area (Å²) in [5.41, 5.74) is 0. The fraction of sp³-hybridized carbons (Fsp3) is 0.923. The van der Waals surface area contributed by atoms with Crippen LogP contribution in [0.3, 0.4) is 0 Å². The van der Waals surface area contributed by atoms with Crippen LogP contribution in [0.15, 0.2) is 0 Å². The standard InChI is InChI=1S/C13H24N2O/c1-11(2)13(8-14)10-15(3)9-12-4-6-16-7-5-12/h11-13H,4-7,9-10H2,1-3H3. The molecule has 0 aromatic carbocycles. The van der Waals surface area contributed by atoms with Gasteiger partial charge >= 0.3 is 0 Å². The Morgan fingerprint density at radius 3 is 2.50 bits per heavy atom. The molecule has 92 valence electrons. The minimum Gasteiger partial charge on any atom is -0.381 e. The lowest BCUT2D eigenvalue weighted by Gasteiger charge is -2.28. The molecule has 0 spiro atoms. The van der Waals surface area contributed by atoms with E-state index in [9.17, 15) is 0 Å². The maximum atomic E-state index is 9.05. The van der Waals surface area contributed by atoms with Gasteiger partial charge in [0, 0.05) is 26.3 Å². The monoisotopic (exact) mass is 224 g/mol. The van der Waals surface area contributed by atoms with Crippen molar-refractivity contribution < 1.29 is 4.74 Å². The summed E-state index contributed by atoms with van der Waals surface area (Å²) < 4.78 is 5.35. The van der Waals surface area contributed by atoms with Crippen LogP contribution in [0.2, 0.25) is 0 Å². The van der Waals surface area contributed by atoms with Crippen LogP contribution in [0, 0.1) is 29.1 Å². The molecule has 0 N–H and O–H groups in total. The van der Waals surface area contributed by atoms with Crippen molar-refractivity contribution >= 4 is 0 Å². The van der Waals surface area contributed by atoms with Gasteiger partial charge in [0.15, 0.2) is 0 Å². The normalized spacial score (nSPS) is 20.0. The van der Waals surface area contributed by atoms with Crippen molar-refractivity contribution in [2.75, 3.05) is 33.4 Å². The van der Waals surface area contributed by atoms with E-state index in [1.54, 1.807) is 0 Å². The molecule has 1 heterocycles. The molecule has 16 heavy (non-hydrogen) atoms. The number of nitriles is 1. The van der Waals surface area contributed by atoms with Crippen molar-refractivity contribution in [1.29, 1.82) is 5.26 Å². The number of rotatable bonds is 5. The van der Waals surface area contributed by atoms with Crippen molar-refractivity contribution in [2.45, 2.75) is 26.7 Å². The first-order chi connectivity index (χ1) is 7.63. The van der Waals surface area contributed by atoms with Crippen LogP contribution >= 0.6 is 0 Å². The van der Waals surface area contributed by atoms with E-state index in [-0.39, 0.29) is 5.92 Å². The Morgan fingerprint density at radius 2 is 2.00 bits per heavy atom. The molecule has 0 radical (unpaired) electrons. The highest BCUT2D eigenvalue weighted by Gasteiger charge is 2.19. The molecule has 1 aliphatic rings. The predicted molar refractivity (Wildman–Crippen MR) is 65.0 cm³/mol. The van der Waals surface area contributed by atoms with E-state index in [1.807, 2.05) is 0 Å². The van der Waals surface area contributed by atoms with Crippen LogP contribution in [0.5, 0.6) is 0 Å². The second-order valence-corrected chi connectivity index (χ2v) is 5.26. The van der Waals surface area contributed by atoms with E-state index >= 15 is 0 Å². The van der Waals surface area contributed by atoms with Crippen LogP contribution in [0.1, 0.15) is 26.7 Å². The Kier molecular flexibility index (Phi) is 5.79. The van der Waals surface area contributed by atoms with Crippen LogP contribution in [0.25, 0.3) is 0 Å². The molecule has 1 saturated heterocycles. The summed E-state index contributed by atoms with van der Waals surface area (Å²) in [5, 5.41) is 9.05. The molecule has 3 heteroatoms. The van der Waals surface area contributed by atoms with Gasteiger partial charge < -0.3 is 9.64 Å². The smallest absolute Gasteiger partial charge is 0.0671 e. The topological polar surface area (TPSA) is 36.3 Å². The molecule has 1 aliphatic heterocycles. The van der Waals surface area contributed by atoms with Crippen LogP contribution in [0.4, 0.5) is 0 Å². The fourth-order valence-electron chi connectivity index (χ4n) is 2.18. The van der Waals surface area contributed by atoms with Crippen molar-refractivity contribution in [1.82, 2.24) is 4.90 Å². The van der Waals surface area contributed by atoms with E-state index in [0.29, 0.717) is 5.92 Å². The van der Waals surface area contributed by atoms with Gasteiger partial charge in [0.05, 0.1) is 12.0 Å². The third-order valence-electron chi connectivity index (χ3n) is 3.39. The second-order valence-electron chi connectivity index (χ2n) is 5.26. The summed E-state index contributed by atoms with van der Waals surface area (Å²) in [7, 11) is 2.13. The Morgan fingerprint density at radius 1 is 1.38 bits per heavy atom. The Hall–Kier alpha value is -0.590. The van der Waals surface area contributed by atoms with Gasteiger partial charge in [-0.3, -0.25) is 0 Å². The first-order valence-corrected chi connectivity index (χ1v) is 6.29. The van der Waals surface area contributed by atoms with Crippen molar-refractivity contribution in [3.63, 3.8) is 0 Å². The first kappa shape index (κ1) is 13.5. The molecular formula is C13H24N2O. The Bertz CT molecular complexity index is 229. The maximum absolute atomic E-state index is 9.05. The van der Waals surface area contributed by atoms with Crippen molar-refractivity contribution in [2.24, 2.45) is 17.8 Å². The molecule has 3 nitrogen and oxygen atoms in total. The zero-order valence-corrected chi connectivity index (χ0v) is 10.8. The Labute approximate surface area is 99.4 Å². The molecule has 1 rings (SSSR count). The van der Waals surface area contributed by atoms with Gasteiger partial charge in [0.2, 0.25) is 0 Å². The van der Waals surface area contributed by atoms with Gasteiger partial charge in [-0.2, -0.15) is 5.26 Å². The van der Waals surface area contributed by atoms with Crippen LogP contribution in [-0.4, -0.2) is 38.3 Å². The van der Waals surface area contributed by atoms with Gasteiger partial charge in [-0.15, -0.1) is 0 Å². The van der Waals surface area contributed by atoms with E-state index in [0.717, 1.165) is 32.2 Å². The van der Waals surface area contributed by atoms with Gasteiger partial charge in [-0.25, -0.2) is 0 Å². The lowest BCUT2D eigenvalue weighted by molar-refractivity contribution is 0.0541. The summed E-state index contributed by atoms with van der Waals surface area (Å²) in [6, 6.07) is 2.40. The molecule has 1 atom stereocenters. The van der Waals surface area contributed by atoms with Crippen molar-refractivity contribution in [3.05, 3.63) is 0 Å². The third kappa shape index (κ3) is 4.51. The quantitative estimate of drug-likeness (QED) is 0.718. The number of hydrogen-bond acceptors (Lipinski definition) is 3. The maximum Gasteiger partial charge on any atom is 0.0671 e. The van der Waals surface area contributed by atoms with E-state index in [1.165, 1.54) is 12.8 Å². The lowest BCUT2D eigenvalue weighted by Crippen LogP contribution is -2.34. The second kappa shape index (κ2) is 6.88. The van der Waals surface area contributed by atoms with Crippen molar-refractivity contribution in [3.8, 4) is 6.07 Å². The molecule has 0 bridgehead atoms. The van der Waals surface area contributed by atoms with Crippen LogP contribution < -0.4 is 0 Å². The SMILES string of the molecule is CC(C)C(C#N)CN(C)CC1CCOCC1. The van der Waals surface area contributed by atoms with E-state index in [2.05, 4.69) is 31.9 Å². The highest BCUT2D eigenvalue weighted by atomic mass is 16.5. The summed E-state index contributed by atoms with van der Waals surface area (Å²) in [6.07, 6.45) is 2.34. The minimum atomic E-state index is 0.157. The predicted octanol–water partition coefficient (Wildman–Crippen LogP) is 2.14. The van der Waals surface area contributed by atoms with Gasteiger partial charge in [0.1, 0.15) is 0 Å². The average molecular weight is 224 g/mol. The summed E-state index contributed by atoms with van der Waals surface area (Å²) in [4.78, 5) is 2.31. The van der Waals surface area contributed by atoms with Gasteiger partial charge in [-0.1, -0.05) is 13.8 Å².